The van der Waals surface area contributed by atoms with Crippen molar-refractivity contribution in [2.75, 3.05) is 6.54 Å². The minimum atomic E-state index is -1.01. The molecule has 0 bridgehead atoms. The van der Waals surface area contributed by atoms with Gasteiger partial charge in [0.1, 0.15) is 0 Å². The van der Waals surface area contributed by atoms with Gasteiger partial charge in [0, 0.05) is 25.7 Å². The van der Waals surface area contributed by atoms with Gasteiger partial charge in [-0.15, -0.1) is 0 Å². The predicted molar refractivity (Wildman–Crippen MR) is 128 cm³/mol. The number of aliphatic hydroxyl groups is 1. The number of nitrogens with zero attached hydrogens (tertiary/aromatic N) is 2. The predicted octanol–water partition coefficient (Wildman–Crippen LogP) is 4.62. The molecule has 1 N–H and O–H groups in total. The smallest absolute Gasteiger partial charge is 0.411 e. The van der Waals surface area contributed by atoms with E-state index in [-0.39, 0.29) is 11.6 Å². The number of carbonyl (C=O) groups excluding carboxylic acids is 1. The molecule has 172 valence electrons. The topological polar surface area (TPSA) is 71.8 Å². The Morgan fingerprint density at radius 1 is 1.03 bits per heavy atom. The molecule has 2 atom stereocenters. The lowest BCUT2D eigenvalue weighted by Crippen LogP contribution is -2.39. The summed E-state index contributed by atoms with van der Waals surface area (Å²) in [7, 11) is 1.72. The zero-order chi connectivity index (χ0) is 23.8. The Hall–Kier alpha value is -3.38. The maximum atomic E-state index is 13.0. The molecule has 1 fully saturated rings. The van der Waals surface area contributed by atoms with Crippen LogP contribution in [0, 0.1) is 0 Å². The second kappa shape index (κ2) is 8.52. The highest BCUT2D eigenvalue weighted by molar-refractivity contribution is 5.72. The average molecular weight is 447 g/mol. The van der Waals surface area contributed by atoms with E-state index in [2.05, 4.69) is 0 Å². The van der Waals surface area contributed by atoms with Gasteiger partial charge in [0.2, 0.25) is 0 Å². The Morgan fingerprint density at radius 2 is 1.70 bits per heavy atom. The molecule has 3 aromatic rings. The number of pyridine rings is 1. The third-order valence-electron chi connectivity index (χ3n) is 6.26. The first-order chi connectivity index (χ1) is 15.6. The van der Waals surface area contributed by atoms with E-state index < -0.39 is 17.3 Å². The Balaban J connectivity index is 1.60. The Bertz CT molecular complexity index is 1200. The molecule has 6 nitrogen and oxygen atoms in total. The molecule has 0 saturated carbocycles. The molecular weight excluding hydrogens is 416 g/mol. The Kier molecular flexibility index (Phi) is 5.89. The molecule has 6 heteroatoms. The fourth-order valence-corrected chi connectivity index (χ4v) is 4.54. The van der Waals surface area contributed by atoms with Crippen LogP contribution in [0.3, 0.4) is 0 Å². The van der Waals surface area contributed by atoms with Gasteiger partial charge in [-0.25, -0.2) is 4.79 Å². The molecule has 0 unspecified atom stereocenters. The zero-order valence-corrected chi connectivity index (χ0v) is 19.5. The summed E-state index contributed by atoms with van der Waals surface area (Å²) in [6, 6.07) is 20.8. The van der Waals surface area contributed by atoms with Crippen molar-refractivity contribution in [1.82, 2.24) is 9.47 Å². The van der Waals surface area contributed by atoms with Crippen molar-refractivity contribution in [2.24, 2.45) is 7.05 Å². The molecule has 0 spiro atoms. The third kappa shape index (κ3) is 4.71. The van der Waals surface area contributed by atoms with Crippen LogP contribution in [0.25, 0.3) is 11.1 Å². The third-order valence-corrected chi connectivity index (χ3v) is 6.26. The average Bonchev–Trinajstić information content (AvgIpc) is 3.11. The molecule has 1 aromatic heterocycles. The number of benzene rings is 2. The minimum absolute atomic E-state index is 0.0613. The first-order valence-corrected chi connectivity index (χ1v) is 11.1. The second-order valence-electron chi connectivity index (χ2n) is 9.51. The van der Waals surface area contributed by atoms with Crippen molar-refractivity contribution >= 4 is 6.09 Å². The maximum absolute atomic E-state index is 13.0. The molecule has 33 heavy (non-hydrogen) atoms. The van der Waals surface area contributed by atoms with E-state index in [0.29, 0.717) is 13.0 Å². The summed E-state index contributed by atoms with van der Waals surface area (Å²) >= 11 is 0. The summed E-state index contributed by atoms with van der Waals surface area (Å²) in [6.45, 7) is 5.78. The Labute approximate surface area is 194 Å². The van der Waals surface area contributed by atoms with E-state index in [1.807, 2.05) is 67.6 Å². The van der Waals surface area contributed by atoms with Crippen LogP contribution in [0.2, 0.25) is 0 Å². The largest absolute Gasteiger partial charge is 0.436 e. The molecule has 0 radical (unpaired) electrons. The molecule has 1 aliphatic heterocycles. The van der Waals surface area contributed by atoms with Gasteiger partial charge >= 0.3 is 6.09 Å². The lowest BCUT2D eigenvalue weighted by atomic mass is 9.83. The highest BCUT2D eigenvalue weighted by Gasteiger charge is 2.50. The zero-order valence-electron chi connectivity index (χ0n) is 19.5. The molecule has 1 amide bonds. The van der Waals surface area contributed by atoms with Crippen LogP contribution in [-0.4, -0.2) is 32.8 Å². The van der Waals surface area contributed by atoms with Crippen molar-refractivity contribution in [1.29, 1.82) is 0 Å². The van der Waals surface area contributed by atoms with E-state index in [4.69, 9.17) is 4.74 Å². The standard InChI is InChI=1S/C27H30N2O4/c1-19(20-10-12-21(13-11-20)22-14-15-28(4)24(30)16-22)29-18-27(33-25(29)31,17-26(2,3)32)23-8-6-5-7-9-23/h5-16,19,32H,17-18H2,1-4H3/t19-,27+/m0/s1. The fourth-order valence-electron chi connectivity index (χ4n) is 4.54. The van der Waals surface area contributed by atoms with Crippen LogP contribution in [0.15, 0.2) is 77.7 Å². The highest BCUT2D eigenvalue weighted by Crippen LogP contribution is 2.42. The lowest BCUT2D eigenvalue weighted by molar-refractivity contribution is -0.0327. The van der Waals surface area contributed by atoms with Crippen molar-refractivity contribution in [2.45, 2.75) is 44.4 Å². The number of hydrogen-bond donors (Lipinski definition) is 1. The number of rotatable bonds is 6. The van der Waals surface area contributed by atoms with Gasteiger partial charge in [-0.2, -0.15) is 0 Å². The second-order valence-corrected chi connectivity index (χ2v) is 9.51. The van der Waals surface area contributed by atoms with Crippen molar-refractivity contribution in [3.8, 4) is 11.1 Å². The van der Waals surface area contributed by atoms with Gasteiger partial charge in [-0.05, 0) is 49.1 Å². The summed E-state index contributed by atoms with van der Waals surface area (Å²) < 4.78 is 7.51. The summed E-state index contributed by atoms with van der Waals surface area (Å²) in [5, 5.41) is 10.6. The minimum Gasteiger partial charge on any atom is -0.436 e. The molecule has 2 aromatic carbocycles. The van der Waals surface area contributed by atoms with Crippen LogP contribution in [0.4, 0.5) is 4.79 Å². The number of cyclic esters (lactones) is 1. The van der Waals surface area contributed by atoms with Crippen LogP contribution in [0.5, 0.6) is 0 Å². The highest BCUT2D eigenvalue weighted by atomic mass is 16.6. The molecular formula is C27H30N2O4. The van der Waals surface area contributed by atoms with Crippen molar-refractivity contribution < 1.29 is 14.6 Å². The normalized spacial score (nSPS) is 19.4. The van der Waals surface area contributed by atoms with E-state index in [1.165, 1.54) is 4.57 Å². The summed E-state index contributed by atoms with van der Waals surface area (Å²) in [5.41, 5.74) is 1.63. The van der Waals surface area contributed by atoms with Crippen LogP contribution < -0.4 is 5.56 Å². The number of hydrogen-bond acceptors (Lipinski definition) is 4. The van der Waals surface area contributed by atoms with E-state index in [0.717, 1.165) is 22.3 Å². The van der Waals surface area contributed by atoms with Crippen LogP contribution in [0.1, 0.15) is 44.4 Å². The fraction of sp³-hybridized carbons (Fsp3) is 0.333. The maximum Gasteiger partial charge on any atom is 0.411 e. The number of amides is 1. The Morgan fingerprint density at radius 3 is 2.30 bits per heavy atom. The molecule has 1 saturated heterocycles. The lowest BCUT2D eigenvalue weighted by Gasteiger charge is -2.33. The number of carbonyl (C=O) groups is 1. The molecule has 2 heterocycles. The van der Waals surface area contributed by atoms with Crippen LogP contribution in [-0.2, 0) is 17.4 Å². The molecule has 0 aliphatic carbocycles. The first kappa shape index (κ1) is 22.8. The SMILES string of the molecule is C[C@@H](c1ccc(-c2ccn(C)c(=O)c2)cc1)N1C[C@](CC(C)(C)O)(c2ccccc2)OC1=O. The van der Waals surface area contributed by atoms with E-state index in [1.54, 1.807) is 38.1 Å². The quantitative estimate of drug-likeness (QED) is 0.600. The van der Waals surface area contributed by atoms with E-state index in [9.17, 15) is 14.7 Å². The van der Waals surface area contributed by atoms with Gasteiger partial charge in [0.25, 0.3) is 5.56 Å². The van der Waals surface area contributed by atoms with Gasteiger partial charge < -0.3 is 14.4 Å². The van der Waals surface area contributed by atoms with E-state index >= 15 is 0 Å². The van der Waals surface area contributed by atoms with Crippen molar-refractivity contribution in [3.63, 3.8) is 0 Å². The van der Waals surface area contributed by atoms with Crippen LogP contribution >= 0.6 is 0 Å². The first-order valence-electron chi connectivity index (χ1n) is 11.1. The van der Waals surface area contributed by atoms with Gasteiger partial charge in [-0.3, -0.25) is 9.69 Å². The summed E-state index contributed by atoms with van der Waals surface area (Å²) in [6.07, 6.45) is 1.65. The monoisotopic (exact) mass is 446 g/mol. The number of aromatic nitrogens is 1. The van der Waals surface area contributed by atoms with Gasteiger partial charge in [0.05, 0.1) is 18.2 Å². The summed E-state index contributed by atoms with van der Waals surface area (Å²) in [4.78, 5) is 26.7. The number of aryl methyl sites for hydroxylation is 1. The molecule has 4 rings (SSSR count). The number of ether oxygens (including phenoxy) is 1. The van der Waals surface area contributed by atoms with Gasteiger partial charge in [0.15, 0.2) is 5.60 Å². The molecule has 1 aliphatic rings. The van der Waals surface area contributed by atoms with Gasteiger partial charge in [-0.1, -0.05) is 54.6 Å². The van der Waals surface area contributed by atoms with Crippen molar-refractivity contribution in [3.05, 3.63) is 94.4 Å². The summed E-state index contributed by atoms with van der Waals surface area (Å²) in [5.74, 6) is 0.